The fourth-order valence-corrected chi connectivity index (χ4v) is 3.66. The Balaban J connectivity index is 1.49. The predicted molar refractivity (Wildman–Crippen MR) is 112 cm³/mol. The van der Waals surface area contributed by atoms with Crippen LogP contribution in [0.3, 0.4) is 0 Å². The molecule has 0 radical (unpaired) electrons. The van der Waals surface area contributed by atoms with Crippen LogP contribution in [-0.2, 0) is 0 Å². The van der Waals surface area contributed by atoms with E-state index in [1.54, 1.807) is 23.1 Å². The maximum atomic E-state index is 12.7. The van der Waals surface area contributed by atoms with Gasteiger partial charge < -0.3 is 10.2 Å². The normalized spacial score (nSPS) is 14.5. The summed E-state index contributed by atoms with van der Waals surface area (Å²) in [5.41, 5.74) is 2.59. The first-order chi connectivity index (χ1) is 14.5. The number of benzene rings is 2. The molecular weight excluding hydrogens is 384 g/mol. The predicted octanol–water partition coefficient (Wildman–Crippen LogP) is 3.27. The van der Waals surface area contributed by atoms with Crippen LogP contribution in [0.1, 0.15) is 41.7 Å². The minimum absolute atomic E-state index is 0.0330. The minimum Gasteiger partial charge on any atom is -0.366 e. The average Bonchev–Trinajstić information content (AvgIpc) is 3.47. The van der Waals surface area contributed by atoms with E-state index in [4.69, 9.17) is 0 Å². The Morgan fingerprint density at radius 1 is 1.17 bits per heavy atom. The van der Waals surface area contributed by atoms with Crippen molar-refractivity contribution in [1.29, 1.82) is 0 Å². The summed E-state index contributed by atoms with van der Waals surface area (Å²) in [6.07, 6.45) is 5.11. The number of amides is 1. The van der Waals surface area contributed by atoms with Crippen molar-refractivity contribution in [2.45, 2.75) is 25.8 Å². The summed E-state index contributed by atoms with van der Waals surface area (Å²) in [6, 6.07) is 12.0. The van der Waals surface area contributed by atoms with Crippen LogP contribution in [0.15, 0.2) is 55.1 Å². The van der Waals surface area contributed by atoms with Gasteiger partial charge in [0.1, 0.15) is 18.3 Å². The summed E-state index contributed by atoms with van der Waals surface area (Å²) in [7, 11) is 0. The third-order valence-corrected chi connectivity index (χ3v) is 5.31. The van der Waals surface area contributed by atoms with Gasteiger partial charge in [0.2, 0.25) is 0 Å². The standard InChI is InChI=1S/C21H22N6O3/c1-15(16-4-7-18(8-5-16)26-14-22-13-23-26)24-21(28)17-6-9-19(20(12-17)27(29)30)25-10-2-3-11-25/h4-9,12-15H,2-3,10-11H2,1H3,(H,24,28). The maximum Gasteiger partial charge on any atom is 0.293 e. The number of nitro groups is 1. The molecule has 0 saturated carbocycles. The number of carbonyl (C=O) groups is 1. The number of anilines is 1. The first kappa shape index (κ1) is 19.6. The molecule has 0 aliphatic carbocycles. The molecule has 1 atom stereocenters. The van der Waals surface area contributed by atoms with Gasteiger partial charge in [-0.05, 0) is 49.6 Å². The molecule has 3 aromatic rings. The number of nitro benzene ring substituents is 1. The van der Waals surface area contributed by atoms with E-state index in [0.717, 1.165) is 37.2 Å². The van der Waals surface area contributed by atoms with Gasteiger partial charge >= 0.3 is 0 Å². The van der Waals surface area contributed by atoms with Crippen molar-refractivity contribution in [3.05, 3.63) is 76.4 Å². The lowest BCUT2D eigenvalue weighted by atomic mass is 10.1. The van der Waals surface area contributed by atoms with Crippen molar-refractivity contribution >= 4 is 17.3 Å². The SMILES string of the molecule is CC(NC(=O)c1ccc(N2CCCC2)c([N+](=O)[O-])c1)c1ccc(-n2cncn2)cc1. The summed E-state index contributed by atoms with van der Waals surface area (Å²) in [4.78, 5) is 29.8. The Morgan fingerprint density at radius 3 is 2.53 bits per heavy atom. The number of rotatable bonds is 6. The second-order valence-corrected chi connectivity index (χ2v) is 7.28. The van der Waals surface area contributed by atoms with Crippen LogP contribution < -0.4 is 10.2 Å². The van der Waals surface area contributed by atoms with E-state index >= 15 is 0 Å². The molecule has 154 valence electrons. The number of carbonyl (C=O) groups excluding carboxylic acids is 1. The van der Waals surface area contributed by atoms with Gasteiger partial charge in [-0.25, -0.2) is 9.67 Å². The van der Waals surface area contributed by atoms with Gasteiger partial charge in [-0.1, -0.05) is 12.1 Å². The lowest BCUT2D eigenvalue weighted by Gasteiger charge is -2.18. The Kier molecular flexibility index (Phi) is 5.42. The topological polar surface area (TPSA) is 106 Å². The van der Waals surface area contributed by atoms with Gasteiger partial charge in [0.25, 0.3) is 11.6 Å². The van der Waals surface area contributed by atoms with E-state index in [0.29, 0.717) is 5.69 Å². The number of nitrogens with zero attached hydrogens (tertiary/aromatic N) is 5. The van der Waals surface area contributed by atoms with Gasteiger partial charge in [-0.3, -0.25) is 14.9 Å². The van der Waals surface area contributed by atoms with E-state index in [1.807, 2.05) is 36.1 Å². The monoisotopic (exact) mass is 406 g/mol. The van der Waals surface area contributed by atoms with Gasteiger partial charge in [0.15, 0.2) is 0 Å². The van der Waals surface area contributed by atoms with Crippen LogP contribution in [0.25, 0.3) is 5.69 Å². The molecule has 1 amide bonds. The van der Waals surface area contributed by atoms with Crippen LogP contribution in [0.2, 0.25) is 0 Å². The number of hydrogen-bond acceptors (Lipinski definition) is 6. The quantitative estimate of drug-likeness (QED) is 0.497. The Labute approximate surface area is 173 Å². The highest BCUT2D eigenvalue weighted by Gasteiger charge is 2.24. The molecule has 9 nitrogen and oxygen atoms in total. The smallest absolute Gasteiger partial charge is 0.293 e. The second kappa shape index (κ2) is 8.32. The van der Waals surface area contributed by atoms with Gasteiger partial charge in [-0.15, -0.1) is 0 Å². The van der Waals surface area contributed by atoms with Crippen molar-refractivity contribution in [2.24, 2.45) is 0 Å². The zero-order valence-corrected chi connectivity index (χ0v) is 16.6. The van der Waals surface area contributed by atoms with E-state index in [-0.39, 0.29) is 23.2 Å². The van der Waals surface area contributed by atoms with Gasteiger partial charge in [-0.2, -0.15) is 5.10 Å². The summed E-state index contributed by atoms with van der Waals surface area (Å²) < 4.78 is 1.65. The zero-order chi connectivity index (χ0) is 21.1. The third-order valence-electron chi connectivity index (χ3n) is 5.31. The number of aromatic nitrogens is 3. The minimum atomic E-state index is -0.420. The molecule has 1 aromatic heterocycles. The van der Waals surface area contributed by atoms with Crippen LogP contribution >= 0.6 is 0 Å². The largest absolute Gasteiger partial charge is 0.366 e. The van der Waals surface area contributed by atoms with E-state index < -0.39 is 4.92 Å². The molecular formula is C21H22N6O3. The molecule has 2 heterocycles. The molecule has 1 N–H and O–H groups in total. The molecule has 1 aliphatic rings. The summed E-state index contributed by atoms with van der Waals surface area (Å²) >= 11 is 0. The highest BCUT2D eigenvalue weighted by molar-refractivity contribution is 5.96. The molecule has 1 fully saturated rings. The Bertz CT molecular complexity index is 1040. The van der Waals surface area contributed by atoms with Crippen LogP contribution in [0, 0.1) is 10.1 Å². The van der Waals surface area contributed by atoms with Crippen molar-refractivity contribution in [2.75, 3.05) is 18.0 Å². The Morgan fingerprint density at radius 2 is 1.90 bits per heavy atom. The number of nitrogens with one attached hydrogen (secondary N) is 1. The molecule has 1 aliphatic heterocycles. The highest BCUT2D eigenvalue weighted by Crippen LogP contribution is 2.31. The molecule has 4 rings (SSSR count). The summed E-state index contributed by atoms with van der Waals surface area (Å²) in [5.74, 6) is -0.348. The third kappa shape index (κ3) is 4.00. The summed E-state index contributed by atoms with van der Waals surface area (Å²) in [5, 5.41) is 18.6. The zero-order valence-electron chi connectivity index (χ0n) is 16.6. The molecule has 9 heteroatoms. The first-order valence-electron chi connectivity index (χ1n) is 9.82. The van der Waals surface area contributed by atoms with Crippen LogP contribution in [0.5, 0.6) is 0 Å². The highest BCUT2D eigenvalue weighted by atomic mass is 16.6. The molecule has 0 spiro atoms. The van der Waals surface area contributed by atoms with Gasteiger partial charge in [0, 0.05) is 24.7 Å². The Hall–Kier alpha value is -3.75. The fourth-order valence-electron chi connectivity index (χ4n) is 3.66. The van der Waals surface area contributed by atoms with Gasteiger partial charge in [0.05, 0.1) is 16.7 Å². The van der Waals surface area contributed by atoms with E-state index in [1.165, 1.54) is 12.4 Å². The van der Waals surface area contributed by atoms with Crippen molar-refractivity contribution in [3.8, 4) is 5.69 Å². The molecule has 2 aromatic carbocycles. The number of hydrogen-bond donors (Lipinski definition) is 1. The van der Waals surface area contributed by atoms with E-state index in [2.05, 4.69) is 15.4 Å². The first-order valence-corrected chi connectivity index (χ1v) is 9.82. The molecule has 1 unspecified atom stereocenters. The average molecular weight is 406 g/mol. The molecule has 0 bridgehead atoms. The lowest BCUT2D eigenvalue weighted by molar-refractivity contribution is -0.384. The van der Waals surface area contributed by atoms with Crippen LogP contribution in [0.4, 0.5) is 11.4 Å². The molecule has 1 saturated heterocycles. The van der Waals surface area contributed by atoms with Crippen molar-refractivity contribution in [3.63, 3.8) is 0 Å². The van der Waals surface area contributed by atoms with Crippen molar-refractivity contribution < 1.29 is 9.72 Å². The van der Waals surface area contributed by atoms with Crippen LogP contribution in [-0.4, -0.2) is 38.7 Å². The van der Waals surface area contributed by atoms with E-state index in [9.17, 15) is 14.9 Å². The lowest BCUT2D eigenvalue weighted by Crippen LogP contribution is -2.27. The summed E-state index contributed by atoms with van der Waals surface area (Å²) in [6.45, 7) is 3.47. The van der Waals surface area contributed by atoms with Crippen molar-refractivity contribution in [1.82, 2.24) is 20.1 Å². The molecule has 30 heavy (non-hydrogen) atoms. The fraction of sp³-hybridized carbons (Fsp3) is 0.286. The maximum absolute atomic E-state index is 12.7. The second-order valence-electron chi connectivity index (χ2n) is 7.28.